The Morgan fingerprint density at radius 1 is 1.60 bits per heavy atom. The first kappa shape index (κ1) is 9.67. The number of hydrogen-bond donors (Lipinski definition) is 0. The molecule has 0 spiro atoms. The molecule has 0 rings (SSSR count). The molecule has 0 aliphatic heterocycles. The van der Waals surface area contributed by atoms with Crippen LogP contribution in [0.2, 0.25) is 0 Å². The lowest BCUT2D eigenvalue weighted by molar-refractivity contribution is 0.387. The first-order valence-electron chi connectivity index (χ1n) is 2.97. The van der Waals surface area contributed by atoms with E-state index in [1.807, 2.05) is 20.8 Å². The van der Waals surface area contributed by atoms with Gasteiger partial charge < -0.3 is 0 Å². The highest BCUT2D eigenvalue weighted by atomic mass is 32.2. The van der Waals surface area contributed by atoms with Gasteiger partial charge in [-0.15, -0.1) is 6.42 Å². The van der Waals surface area contributed by atoms with Crippen molar-refractivity contribution >= 4 is 11.1 Å². The SMILES string of the molecule is C#CCOS(=O)C(C)(C)C. The van der Waals surface area contributed by atoms with Gasteiger partial charge in [-0.1, -0.05) is 5.92 Å². The van der Waals surface area contributed by atoms with Crippen LogP contribution in [0, 0.1) is 12.3 Å². The molecule has 0 saturated carbocycles. The van der Waals surface area contributed by atoms with Gasteiger partial charge in [-0.05, 0) is 20.8 Å². The van der Waals surface area contributed by atoms with Crippen LogP contribution < -0.4 is 0 Å². The minimum absolute atomic E-state index is 0.115. The second-order valence-corrected chi connectivity index (χ2v) is 4.74. The van der Waals surface area contributed by atoms with Crippen LogP contribution >= 0.6 is 0 Å². The highest BCUT2D eigenvalue weighted by molar-refractivity contribution is 7.81. The molecule has 10 heavy (non-hydrogen) atoms. The quantitative estimate of drug-likeness (QED) is 0.565. The predicted molar refractivity (Wildman–Crippen MR) is 42.7 cm³/mol. The summed E-state index contributed by atoms with van der Waals surface area (Å²) in [4.78, 5) is 0. The maximum Gasteiger partial charge on any atom is 0.161 e. The Morgan fingerprint density at radius 2 is 2.10 bits per heavy atom. The van der Waals surface area contributed by atoms with Gasteiger partial charge in [0.1, 0.15) is 6.61 Å². The third kappa shape index (κ3) is 3.65. The van der Waals surface area contributed by atoms with Crippen LogP contribution in [0.15, 0.2) is 0 Å². The van der Waals surface area contributed by atoms with E-state index in [0.717, 1.165) is 0 Å². The average Bonchev–Trinajstić information content (AvgIpc) is 1.80. The third-order valence-corrected chi connectivity index (χ3v) is 2.08. The molecule has 0 amide bonds. The molecule has 0 aromatic carbocycles. The van der Waals surface area contributed by atoms with E-state index in [0.29, 0.717) is 0 Å². The molecule has 0 saturated heterocycles. The molecule has 0 fully saturated rings. The Bertz CT molecular complexity index is 161. The Labute approximate surface area is 64.6 Å². The summed E-state index contributed by atoms with van der Waals surface area (Å²) in [6.07, 6.45) is 4.91. The van der Waals surface area contributed by atoms with Gasteiger partial charge in [-0.3, -0.25) is 4.18 Å². The monoisotopic (exact) mass is 160 g/mol. The van der Waals surface area contributed by atoms with Crippen LogP contribution in [0.1, 0.15) is 20.8 Å². The minimum atomic E-state index is -1.28. The molecule has 0 N–H and O–H groups in total. The highest BCUT2D eigenvalue weighted by Gasteiger charge is 2.19. The van der Waals surface area contributed by atoms with E-state index in [1.165, 1.54) is 0 Å². The molecular formula is C7H12O2S. The Morgan fingerprint density at radius 3 is 2.40 bits per heavy atom. The molecule has 0 heterocycles. The van der Waals surface area contributed by atoms with Gasteiger partial charge in [0, 0.05) is 0 Å². The van der Waals surface area contributed by atoms with Crippen molar-refractivity contribution < 1.29 is 8.39 Å². The van der Waals surface area contributed by atoms with Crippen LogP contribution in [-0.2, 0) is 15.3 Å². The average molecular weight is 160 g/mol. The van der Waals surface area contributed by atoms with Crippen LogP contribution in [0.25, 0.3) is 0 Å². The van der Waals surface area contributed by atoms with E-state index >= 15 is 0 Å². The zero-order chi connectivity index (χ0) is 8.20. The molecule has 0 aliphatic rings. The van der Waals surface area contributed by atoms with E-state index < -0.39 is 11.1 Å². The standard InChI is InChI=1S/C7H12O2S/c1-5-6-9-10(8)7(2,3)4/h1H,6H2,2-4H3. The largest absolute Gasteiger partial charge is 0.277 e. The lowest BCUT2D eigenvalue weighted by Gasteiger charge is -2.15. The van der Waals surface area contributed by atoms with Gasteiger partial charge in [0.25, 0.3) is 0 Å². The number of hydrogen-bond acceptors (Lipinski definition) is 2. The molecule has 0 aliphatic carbocycles. The van der Waals surface area contributed by atoms with Crippen LogP contribution in [0.3, 0.4) is 0 Å². The molecule has 0 bridgehead atoms. The fourth-order valence-electron chi connectivity index (χ4n) is 0.264. The smallest absolute Gasteiger partial charge is 0.161 e. The zero-order valence-electron chi connectivity index (χ0n) is 6.51. The summed E-state index contributed by atoms with van der Waals surface area (Å²) in [7, 11) is 0. The summed E-state index contributed by atoms with van der Waals surface area (Å²) in [5.41, 5.74) is 0. The van der Waals surface area contributed by atoms with E-state index in [9.17, 15) is 4.21 Å². The first-order chi connectivity index (χ1) is 4.48. The maximum atomic E-state index is 11.0. The summed E-state index contributed by atoms with van der Waals surface area (Å²) >= 11 is -1.28. The van der Waals surface area contributed by atoms with Gasteiger partial charge in [0.2, 0.25) is 0 Å². The van der Waals surface area contributed by atoms with Crippen molar-refractivity contribution in [2.45, 2.75) is 25.5 Å². The second-order valence-electron chi connectivity index (χ2n) is 2.81. The van der Waals surface area contributed by atoms with Crippen LogP contribution in [0.5, 0.6) is 0 Å². The number of rotatable bonds is 2. The van der Waals surface area contributed by atoms with E-state index in [4.69, 9.17) is 10.6 Å². The zero-order valence-corrected chi connectivity index (χ0v) is 7.33. The summed E-state index contributed by atoms with van der Waals surface area (Å²) < 4.78 is 15.5. The molecule has 58 valence electrons. The normalized spacial score (nSPS) is 14.2. The van der Waals surface area contributed by atoms with Crippen molar-refractivity contribution in [2.75, 3.05) is 6.61 Å². The van der Waals surface area contributed by atoms with Crippen molar-refractivity contribution in [1.29, 1.82) is 0 Å². The summed E-state index contributed by atoms with van der Waals surface area (Å²) in [6, 6.07) is 0. The molecule has 0 radical (unpaired) electrons. The molecular weight excluding hydrogens is 148 g/mol. The van der Waals surface area contributed by atoms with Crippen LogP contribution in [-0.4, -0.2) is 15.6 Å². The van der Waals surface area contributed by atoms with Crippen molar-refractivity contribution in [3.05, 3.63) is 0 Å². The van der Waals surface area contributed by atoms with Gasteiger partial charge in [0.15, 0.2) is 11.1 Å². The van der Waals surface area contributed by atoms with Gasteiger partial charge in [-0.25, -0.2) is 4.21 Å². The van der Waals surface area contributed by atoms with Gasteiger partial charge >= 0.3 is 0 Å². The van der Waals surface area contributed by atoms with Gasteiger partial charge in [0.05, 0.1) is 4.75 Å². The Hall–Kier alpha value is -0.330. The van der Waals surface area contributed by atoms with E-state index in [1.54, 1.807) is 0 Å². The predicted octanol–water partition coefficient (Wildman–Crippen LogP) is 1.10. The fraction of sp³-hybridized carbons (Fsp3) is 0.714. The maximum absolute atomic E-state index is 11.0. The first-order valence-corrected chi connectivity index (χ1v) is 4.04. The van der Waals surface area contributed by atoms with Crippen LogP contribution in [0.4, 0.5) is 0 Å². The van der Waals surface area contributed by atoms with Crippen molar-refractivity contribution in [3.8, 4) is 12.3 Å². The lowest BCUT2D eigenvalue weighted by atomic mass is 10.3. The lowest BCUT2D eigenvalue weighted by Crippen LogP contribution is -2.23. The summed E-state index contributed by atoms with van der Waals surface area (Å²) in [5, 5.41) is 0. The highest BCUT2D eigenvalue weighted by Crippen LogP contribution is 2.11. The van der Waals surface area contributed by atoms with Crippen molar-refractivity contribution in [2.24, 2.45) is 0 Å². The minimum Gasteiger partial charge on any atom is -0.277 e. The summed E-state index contributed by atoms with van der Waals surface area (Å²) in [5.74, 6) is 2.26. The van der Waals surface area contributed by atoms with Crippen molar-refractivity contribution in [1.82, 2.24) is 0 Å². The number of terminal acetylenes is 1. The molecule has 2 nitrogen and oxygen atoms in total. The topological polar surface area (TPSA) is 26.3 Å². The Balaban J connectivity index is 3.78. The Kier molecular flexibility index (Phi) is 3.62. The van der Waals surface area contributed by atoms with Crippen molar-refractivity contribution in [3.63, 3.8) is 0 Å². The van der Waals surface area contributed by atoms with Gasteiger partial charge in [-0.2, -0.15) is 0 Å². The second kappa shape index (κ2) is 3.75. The molecule has 1 unspecified atom stereocenters. The van der Waals surface area contributed by atoms with E-state index in [-0.39, 0.29) is 11.4 Å². The molecule has 0 aromatic heterocycles. The third-order valence-electron chi connectivity index (χ3n) is 0.749. The fourth-order valence-corrected chi connectivity index (χ4v) is 0.793. The molecule has 0 aromatic rings. The molecule has 1 atom stereocenters. The summed E-state index contributed by atoms with van der Waals surface area (Å²) in [6.45, 7) is 5.61. The van der Waals surface area contributed by atoms with E-state index in [2.05, 4.69) is 5.92 Å². The molecule has 3 heteroatoms.